The SMILES string of the molecule is Brc1ccc(CN2CCC3NCCCC3C2)cc1. The van der Waals surface area contributed by atoms with Crippen molar-refractivity contribution in [2.75, 3.05) is 19.6 Å². The Balaban J connectivity index is 1.59. The fraction of sp³-hybridized carbons (Fsp3) is 0.600. The molecule has 0 radical (unpaired) electrons. The first-order valence-electron chi connectivity index (χ1n) is 7.01. The summed E-state index contributed by atoms with van der Waals surface area (Å²) >= 11 is 3.49. The molecule has 98 valence electrons. The van der Waals surface area contributed by atoms with Gasteiger partial charge in [0, 0.05) is 23.6 Å². The molecule has 2 aliphatic heterocycles. The van der Waals surface area contributed by atoms with Gasteiger partial charge in [0.05, 0.1) is 0 Å². The van der Waals surface area contributed by atoms with Gasteiger partial charge in [-0.05, 0) is 56.0 Å². The molecule has 1 aromatic rings. The normalized spacial score (nSPS) is 28.9. The Morgan fingerprint density at radius 1 is 1.22 bits per heavy atom. The maximum Gasteiger partial charge on any atom is 0.0233 e. The third-order valence-electron chi connectivity index (χ3n) is 4.30. The number of benzene rings is 1. The minimum absolute atomic E-state index is 0.792. The van der Waals surface area contributed by atoms with Gasteiger partial charge < -0.3 is 5.32 Å². The quantitative estimate of drug-likeness (QED) is 0.903. The fourth-order valence-corrected chi connectivity index (χ4v) is 3.58. The van der Waals surface area contributed by atoms with E-state index in [0.29, 0.717) is 0 Å². The molecule has 3 heteroatoms. The number of rotatable bonds is 2. The maximum atomic E-state index is 3.68. The second-order valence-electron chi connectivity index (χ2n) is 5.61. The van der Waals surface area contributed by atoms with Crippen molar-refractivity contribution < 1.29 is 0 Å². The minimum Gasteiger partial charge on any atom is -0.314 e. The average molecular weight is 309 g/mol. The maximum absolute atomic E-state index is 3.68. The van der Waals surface area contributed by atoms with Gasteiger partial charge in [0.15, 0.2) is 0 Å². The summed E-state index contributed by atoms with van der Waals surface area (Å²) in [5, 5.41) is 3.68. The third kappa shape index (κ3) is 2.95. The molecule has 2 saturated heterocycles. The van der Waals surface area contributed by atoms with Crippen LogP contribution in [-0.2, 0) is 6.54 Å². The predicted octanol–water partition coefficient (Wildman–Crippen LogP) is 3.02. The molecular weight excluding hydrogens is 288 g/mol. The lowest BCUT2D eigenvalue weighted by Gasteiger charge is -2.41. The first-order valence-corrected chi connectivity index (χ1v) is 7.81. The minimum atomic E-state index is 0.792. The zero-order chi connectivity index (χ0) is 12.4. The summed E-state index contributed by atoms with van der Waals surface area (Å²) in [6.45, 7) is 4.85. The van der Waals surface area contributed by atoms with Crippen molar-refractivity contribution in [1.29, 1.82) is 0 Å². The molecular formula is C15H21BrN2. The van der Waals surface area contributed by atoms with Crippen LogP contribution in [0.2, 0.25) is 0 Å². The molecule has 1 aromatic carbocycles. The lowest BCUT2D eigenvalue weighted by molar-refractivity contribution is 0.109. The zero-order valence-corrected chi connectivity index (χ0v) is 12.3. The van der Waals surface area contributed by atoms with Crippen LogP contribution in [0.3, 0.4) is 0 Å². The molecule has 2 heterocycles. The van der Waals surface area contributed by atoms with Gasteiger partial charge in [-0.25, -0.2) is 0 Å². The smallest absolute Gasteiger partial charge is 0.0233 e. The monoisotopic (exact) mass is 308 g/mol. The molecule has 1 N–H and O–H groups in total. The largest absolute Gasteiger partial charge is 0.314 e. The van der Waals surface area contributed by atoms with E-state index in [-0.39, 0.29) is 0 Å². The number of fused-ring (bicyclic) bond motifs is 1. The van der Waals surface area contributed by atoms with E-state index in [1.54, 1.807) is 0 Å². The molecule has 0 bridgehead atoms. The number of likely N-dealkylation sites (tertiary alicyclic amines) is 1. The molecule has 0 spiro atoms. The van der Waals surface area contributed by atoms with E-state index in [1.165, 1.54) is 48.9 Å². The summed E-state index contributed by atoms with van der Waals surface area (Å²) in [6.07, 6.45) is 4.09. The second-order valence-corrected chi connectivity index (χ2v) is 6.53. The van der Waals surface area contributed by atoms with Gasteiger partial charge in [-0.15, -0.1) is 0 Å². The van der Waals surface area contributed by atoms with Gasteiger partial charge in [0.25, 0.3) is 0 Å². The highest BCUT2D eigenvalue weighted by Crippen LogP contribution is 2.25. The van der Waals surface area contributed by atoms with E-state index in [0.717, 1.165) is 18.5 Å². The summed E-state index contributed by atoms with van der Waals surface area (Å²) in [6, 6.07) is 9.54. The number of hydrogen-bond acceptors (Lipinski definition) is 2. The van der Waals surface area contributed by atoms with Crippen molar-refractivity contribution in [3.05, 3.63) is 34.3 Å². The number of halogens is 1. The Morgan fingerprint density at radius 2 is 2.06 bits per heavy atom. The van der Waals surface area contributed by atoms with Crippen molar-refractivity contribution in [3.8, 4) is 0 Å². The van der Waals surface area contributed by atoms with Crippen LogP contribution in [0, 0.1) is 5.92 Å². The van der Waals surface area contributed by atoms with Crippen LogP contribution in [-0.4, -0.2) is 30.6 Å². The van der Waals surface area contributed by atoms with E-state index in [1.807, 2.05) is 0 Å². The van der Waals surface area contributed by atoms with Gasteiger partial charge >= 0.3 is 0 Å². The zero-order valence-electron chi connectivity index (χ0n) is 10.7. The van der Waals surface area contributed by atoms with Crippen LogP contribution in [0.25, 0.3) is 0 Å². The van der Waals surface area contributed by atoms with Crippen molar-refractivity contribution >= 4 is 15.9 Å². The summed E-state index contributed by atoms with van der Waals surface area (Å²) in [5.41, 5.74) is 1.43. The topological polar surface area (TPSA) is 15.3 Å². The van der Waals surface area contributed by atoms with Crippen molar-refractivity contribution in [1.82, 2.24) is 10.2 Å². The fourth-order valence-electron chi connectivity index (χ4n) is 3.31. The molecule has 2 unspecified atom stereocenters. The first kappa shape index (κ1) is 12.6. The van der Waals surface area contributed by atoms with Gasteiger partial charge in [0.2, 0.25) is 0 Å². The predicted molar refractivity (Wildman–Crippen MR) is 78.6 cm³/mol. The van der Waals surface area contributed by atoms with E-state index < -0.39 is 0 Å². The summed E-state index contributed by atoms with van der Waals surface area (Å²) in [5.74, 6) is 0.878. The average Bonchev–Trinajstić information content (AvgIpc) is 2.41. The Hall–Kier alpha value is -0.380. The molecule has 0 aliphatic carbocycles. The Bertz CT molecular complexity index is 390. The molecule has 0 aromatic heterocycles. The molecule has 0 amide bonds. The Kier molecular flexibility index (Phi) is 4.02. The highest BCUT2D eigenvalue weighted by molar-refractivity contribution is 9.10. The second kappa shape index (κ2) is 5.72. The highest BCUT2D eigenvalue weighted by atomic mass is 79.9. The van der Waals surface area contributed by atoms with Crippen LogP contribution >= 0.6 is 15.9 Å². The van der Waals surface area contributed by atoms with Crippen molar-refractivity contribution in [2.24, 2.45) is 5.92 Å². The summed E-state index contributed by atoms with van der Waals surface area (Å²) in [4.78, 5) is 2.62. The van der Waals surface area contributed by atoms with Gasteiger partial charge in [-0.1, -0.05) is 28.1 Å². The van der Waals surface area contributed by atoms with Crippen LogP contribution in [0.4, 0.5) is 0 Å². The van der Waals surface area contributed by atoms with Crippen LogP contribution in [0.1, 0.15) is 24.8 Å². The third-order valence-corrected chi connectivity index (χ3v) is 4.82. The van der Waals surface area contributed by atoms with E-state index in [2.05, 4.69) is 50.4 Å². The van der Waals surface area contributed by atoms with Crippen molar-refractivity contribution in [2.45, 2.75) is 31.8 Å². The molecule has 2 nitrogen and oxygen atoms in total. The van der Waals surface area contributed by atoms with Gasteiger partial charge in [-0.2, -0.15) is 0 Å². The molecule has 3 rings (SSSR count). The number of nitrogens with one attached hydrogen (secondary N) is 1. The van der Waals surface area contributed by atoms with E-state index in [4.69, 9.17) is 0 Å². The lowest BCUT2D eigenvalue weighted by Crippen LogP contribution is -2.51. The molecule has 18 heavy (non-hydrogen) atoms. The molecule has 2 fully saturated rings. The first-order chi connectivity index (χ1) is 8.81. The standard InChI is InChI=1S/C15H21BrN2/c16-14-5-3-12(4-6-14)10-18-9-7-15-13(11-18)2-1-8-17-15/h3-6,13,15,17H,1-2,7-11H2. The number of hydrogen-bond donors (Lipinski definition) is 1. The van der Waals surface area contributed by atoms with Gasteiger partial charge in [-0.3, -0.25) is 4.90 Å². The molecule has 2 atom stereocenters. The lowest BCUT2D eigenvalue weighted by atomic mass is 9.85. The van der Waals surface area contributed by atoms with Crippen LogP contribution < -0.4 is 5.32 Å². The number of piperidine rings is 2. The highest BCUT2D eigenvalue weighted by Gasteiger charge is 2.30. The molecule has 2 aliphatic rings. The van der Waals surface area contributed by atoms with Crippen LogP contribution in [0.5, 0.6) is 0 Å². The molecule has 0 saturated carbocycles. The van der Waals surface area contributed by atoms with E-state index in [9.17, 15) is 0 Å². The number of nitrogens with zero attached hydrogens (tertiary/aromatic N) is 1. The Labute approximate surface area is 118 Å². The summed E-state index contributed by atoms with van der Waals surface area (Å²) in [7, 11) is 0. The van der Waals surface area contributed by atoms with Crippen molar-refractivity contribution in [3.63, 3.8) is 0 Å². The van der Waals surface area contributed by atoms with Crippen LogP contribution in [0.15, 0.2) is 28.7 Å². The summed E-state index contributed by atoms with van der Waals surface area (Å²) < 4.78 is 1.17. The van der Waals surface area contributed by atoms with Gasteiger partial charge in [0.1, 0.15) is 0 Å². The van der Waals surface area contributed by atoms with E-state index >= 15 is 0 Å². The Morgan fingerprint density at radius 3 is 2.89 bits per heavy atom.